The Hall–Kier alpha value is -12.9. The van der Waals surface area contributed by atoms with Crippen LogP contribution in [-0.2, 0) is 0 Å². The summed E-state index contributed by atoms with van der Waals surface area (Å²) in [4.78, 5) is 29.2. The molecule has 6 aromatic heterocycles. The predicted molar refractivity (Wildman–Crippen MR) is 404 cm³/mol. The molecule has 0 radical (unpaired) electrons. The summed E-state index contributed by atoms with van der Waals surface area (Å²) in [6.45, 7) is 8.77. The first-order valence-corrected chi connectivity index (χ1v) is 33.4. The molecule has 0 fully saturated rings. The Bertz CT molecular complexity index is 6070. The second kappa shape index (κ2) is 22.4. The average molecular weight is 1260 g/mol. The van der Waals surface area contributed by atoms with Crippen molar-refractivity contribution in [2.45, 2.75) is 27.7 Å². The van der Waals surface area contributed by atoms with Gasteiger partial charge in [-0.05, 0) is 107 Å². The van der Waals surface area contributed by atoms with E-state index in [2.05, 4.69) is 331 Å². The lowest BCUT2D eigenvalue weighted by atomic mass is 9.93. The van der Waals surface area contributed by atoms with Crippen molar-refractivity contribution in [3.63, 3.8) is 0 Å². The molecular weight excluding hydrogens is 1200 g/mol. The van der Waals surface area contributed by atoms with Gasteiger partial charge in [-0.3, -0.25) is 0 Å². The summed E-state index contributed by atoms with van der Waals surface area (Å²) >= 11 is 0. The van der Waals surface area contributed by atoms with E-state index in [9.17, 15) is 0 Å². The van der Waals surface area contributed by atoms with Crippen LogP contribution in [0.1, 0.15) is 22.3 Å². The molecule has 462 valence electrons. The van der Waals surface area contributed by atoms with Crippen molar-refractivity contribution in [3.05, 3.63) is 320 Å². The van der Waals surface area contributed by atoms with Crippen molar-refractivity contribution in [2.75, 3.05) is 0 Å². The van der Waals surface area contributed by atoms with E-state index in [1.165, 1.54) is 0 Å². The van der Waals surface area contributed by atoms with Crippen LogP contribution in [0.5, 0.6) is 0 Å². The number of para-hydroxylation sites is 4. The van der Waals surface area contributed by atoms with E-state index in [0.29, 0.717) is 29.0 Å². The second-order valence-electron chi connectivity index (χ2n) is 25.9. The monoisotopic (exact) mass is 1260 g/mol. The highest BCUT2D eigenvalue weighted by Gasteiger charge is 2.38. The number of hydrogen-bond acceptors (Lipinski definition) is 5. The summed E-state index contributed by atoms with van der Waals surface area (Å²) in [6.07, 6.45) is 0. The summed E-state index contributed by atoms with van der Waals surface area (Å²) in [5.74, 6) is 2.09. The summed E-state index contributed by atoms with van der Waals surface area (Å²) in [5.41, 5.74) is 22.6. The molecule has 9 heteroatoms. The molecule has 0 aliphatic heterocycles. The molecule has 19 aromatic rings. The van der Waals surface area contributed by atoms with Gasteiger partial charge in [-0.1, -0.05) is 241 Å². The topological polar surface area (TPSA) is 84.2 Å². The van der Waals surface area contributed by atoms with E-state index in [1.807, 2.05) is 12.1 Å². The lowest BCUT2D eigenvalue weighted by molar-refractivity contribution is 1.02. The van der Waals surface area contributed by atoms with Crippen LogP contribution in [0.4, 0.5) is 0 Å². The highest BCUT2D eigenvalue weighted by atomic mass is 15.1. The van der Waals surface area contributed by atoms with Crippen LogP contribution in [0.2, 0.25) is 0 Å². The Morgan fingerprint density at radius 3 is 0.847 bits per heavy atom. The lowest BCUT2D eigenvalue weighted by Crippen LogP contribution is -2.17. The number of benzene rings is 13. The van der Waals surface area contributed by atoms with E-state index >= 15 is 0 Å². The molecule has 0 aliphatic carbocycles. The minimum atomic E-state index is 0.461. The summed E-state index contributed by atoms with van der Waals surface area (Å²) < 4.78 is 10.2. The number of rotatable bonds is 10. The summed E-state index contributed by atoms with van der Waals surface area (Å²) in [7, 11) is 0. The molecule has 0 saturated heterocycles. The van der Waals surface area contributed by atoms with Gasteiger partial charge >= 0.3 is 0 Å². The molecule has 0 amide bonds. The fourth-order valence-electron chi connectivity index (χ4n) is 15.3. The minimum absolute atomic E-state index is 0.461. The highest BCUT2D eigenvalue weighted by molar-refractivity contribution is 6.18. The van der Waals surface area contributed by atoms with Crippen molar-refractivity contribution in [3.8, 4) is 90.8 Å². The number of aryl methyl sites for hydroxylation is 4. The van der Waals surface area contributed by atoms with Crippen LogP contribution >= 0.6 is 0 Å². The first-order valence-electron chi connectivity index (χ1n) is 33.4. The van der Waals surface area contributed by atoms with Crippen LogP contribution in [0, 0.1) is 27.7 Å². The summed E-state index contributed by atoms with van der Waals surface area (Å²) in [6, 6.07) is 107. The number of fused-ring (bicyclic) bond motifs is 12. The summed E-state index contributed by atoms with van der Waals surface area (Å²) in [5, 5.41) is 8.89. The Morgan fingerprint density at radius 1 is 0.194 bits per heavy atom. The Morgan fingerprint density at radius 2 is 0.469 bits per heavy atom. The first kappa shape index (κ1) is 56.7. The van der Waals surface area contributed by atoms with Crippen LogP contribution in [0.15, 0.2) is 297 Å². The zero-order valence-electron chi connectivity index (χ0n) is 54.3. The number of hydrogen-bond donors (Lipinski definition) is 0. The van der Waals surface area contributed by atoms with E-state index in [0.717, 1.165) is 171 Å². The highest BCUT2D eigenvalue weighted by Crippen LogP contribution is 2.55. The molecular formula is C89H61N9. The molecule has 19 rings (SSSR count). The van der Waals surface area contributed by atoms with Crippen molar-refractivity contribution in [1.29, 1.82) is 0 Å². The van der Waals surface area contributed by atoms with Crippen molar-refractivity contribution in [2.24, 2.45) is 0 Å². The standard InChI is InChI=1S/C89H61N9/c1-54-41-45-76-66(49-54)62-33-17-21-37-72(62)95(76)82-80(71-53-70(58-25-9-5-10-26-58)90-86(91-71)59-27-11-6-12-28-59)83(96-73-38-22-18-34-63(73)67-50-55(2)42-46-77(67)96)85(98-75-40-24-20-36-65(75)69-52-57(4)44-48-79(69)98)84(97-74-39-23-19-35-64(74)68-51-56(3)43-47-78(68)97)81(82)89-93-87(60-29-13-7-14-30-60)92-88(94-89)61-31-15-8-16-32-61/h5-53H,1-4H3. The van der Waals surface area contributed by atoms with Crippen molar-refractivity contribution >= 4 is 87.2 Å². The normalized spacial score (nSPS) is 11.9. The molecule has 0 N–H and O–H groups in total. The third-order valence-electron chi connectivity index (χ3n) is 19.6. The third kappa shape index (κ3) is 8.90. The Kier molecular flexibility index (Phi) is 13.0. The van der Waals surface area contributed by atoms with Gasteiger partial charge in [0.1, 0.15) is 0 Å². The molecule has 13 aromatic carbocycles. The van der Waals surface area contributed by atoms with Crippen LogP contribution in [-0.4, -0.2) is 43.2 Å². The van der Waals surface area contributed by atoms with Gasteiger partial charge in [0.2, 0.25) is 0 Å². The van der Waals surface area contributed by atoms with Crippen LogP contribution in [0.3, 0.4) is 0 Å². The number of nitrogens with zero attached hydrogens (tertiary/aromatic N) is 9. The minimum Gasteiger partial charge on any atom is -0.308 e. The first-order chi connectivity index (χ1) is 48.3. The van der Waals surface area contributed by atoms with Gasteiger partial charge < -0.3 is 18.3 Å². The van der Waals surface area contributed by atoms with E-state index < -0.39 is 0 Å². The maximum absolute atomic E-state index is 6.11. The third-order valence-corrected chi connectivity index (χ3v) is 19.6. The Balaban J connectivity index is 1.20. The molecule has 0 bridgehead atoms. The SMILES string of the molecule is Cc1ccc2c(c1)c1ccccc1n2-c1c(-c2cc(-c3ccccc3)nc(-c3ccccc3)n2)c(-n2c3ccccc3c3cc(C)ccc32)c(-n2c3ccccc3c3cc(C)ccc32)c(-n2c3ccccc3c3cc(C)ccc32)c1-c1nc(-c2ccccc2)nc(-c2ccccc2)n1. The maximum atomic E-state index is 6.11. The average Bonchev–Trinajstić information content (AvgIpc) is 1.42. The molecule has 0 spiro atoms. The maximum Gasteiger partial charge on any atom is 0.168 e. The van der Waals surface area contributed by atoms with Crippen molar-refractivity contribution < 1.29 is 0 Å². The molecule has 0 unspecified atom stereocenters. The van der Waals surface area contributed by atoms with Crippen LogP contribution < -0.4 is 0 Å². The fourth-order valence-corrected chi connectivity index (χ4v) is 15.3. The molecule has 0 aliphatic rings. The van der Waals surface area contributed by atoms with E-state index in [-0.39, 0.29) is 0 Å². The van der Waals surface area contributed by atoms with E-state index in [4.69, 9.17) is 24.9 Å². The second-order valence-corrected chi connectivity index (χ2v) is 25.9. The molecule has 98 heavy (non-hydrogen) atoms. The quantitative estimate of drug-likeness (QED) is 0.136. The lowest BCUT2D eigenvalue weighted by Gasteiger charge is -2.31. The molecule has 9 nitrogen and oxygen atoms in total. The van der Waals surface area contributed by atoms with Gasteiger partial charge in [0.25, 0.3) is 0 Å². The largest absolute Gasteiger partial charge is 0.308 e. The van der Waals surface area contributed by atoms with E-state index in [1.54, 1.807) is 0 Å². The zero-order valence-corrected chi connectivity index (χ0v) is 54.3. The van der Waals surface area contributed by atoms with Gasteiger partial charge in [0.05, 0.1) is 89.4 Å². The van der Waals surface area contributed by atoms with Gasteiger partial charge in [-0.25, -0.2) is 24.9 Å². The molecule has 0 saturated carbocycles. The van der Waals surface area contributed by atoms with Crippen molar-refractivity contribution in [1.82, 2.24) is 43.2 Å². The van der Waals surface area contributed by atoms with Gasteiger partial charge in [-0.2, -0.15) is 0 Å². The Labute approximate surface area is 565 Å². The molecule has 0 atom stereocenters. The smallest absolute Gasteiger partial charge is 0.168 e. The molecule has 6 heterocycles. The predicted octanol–water partition coefficient (Wildman–Crippen LogP) is 22.3. The zero-order chi connectivity index (χ0) is 65.3. The van der Waals surface area contributed by atoms with Gasteiger partial charge in [0.15, 0.2) is 23.3 Å². The fraction of sp³-hybridized carbons (Fsp3) is 0.0449. The van der Waals surface area contributed by atoms with Gasteiger partial charge in [-0.15, -0.1) is 0 Å². The van der Waals surface area contributed by atoms with Crippen LogP contribution in [0.25, 0.3) is 178 Å². The number of aromatic nitrogens is 9. The van der Waals surface area contributed by atoms with Gasteiger partial charge in [0, 0.05) is 65.3 Å².